The van der Waals surface area contributed by atoms with Gasteiger partial charge in [-0.15, -0.1) is 0 Å². The molecule has 0 bridgehead atoms. The molecule has 0 spiro atoms. The number of amides is 1. The molecular formula is C14H21N3O. The van der Waals surface area contributed by atoms with E-state index in [9.17, 15) is 4.79 Å². The normalized spacial score (nSPS) is 19.1. The Bertz CT molecular complexity index is 380. The molecule has 1 saturated heterocycles. The Morgan fingerprint density at radius 1 is 1.33 bits per heavy atom. The molecule has 4 heteroatoms. The number of rotatable bonds is 4. The predicted molar refractivity (Wildman–Crippen MR) is 72.3 cm³/mol. The molecule has 0 aromatic heterocycles. The second kappa shape index (κ2) is 6.52. The Hall–Kier alpha value is -1.39. The molecule has 98 valence electrons. The highest BCUT2D eigenvalue weighted by Crippen LogP contribution is 2.16. The molecule has 1 aromatic carbocycles. The smallest absolute Gasteiger partial charge is 0.234 e. The van der Waals surface area contributed by atoms with E-state index < -0.39 is 0 Å². The van der Waals surface area contributed by atoms with E-state index in [-0.39, 0.29) is 5.91 Å². The van der Waals surface area contributed by atoms with Crippen LogP contribution in [-0.2, 0) is 4.79 Å². The first-order valence-electron chi connectivity index (χ1n) is 6.53. The van der Waals surface area contributed by atoms with E-state index in [1.165, 1.54) is 5.56 Å². The SMILES string of the molecule is NCC(CN1CCCNC(=O)C1)c1ccccc1. The number of nitrogens with two attached hydrogens (primary N) is 1. The van der Waals surface area contributed by atoms with Crippen molar-refractivity contribution < 1.29 is 4.79 Å². The van der Waals surface area contributed by atoms with Crippen molar-refractivity contribution in [2.45, 2.75) is 12.3 Å². The van der Waals surface area contributed by atoms with Gasteiger partial charge in [-0.1, -0.05) is 30.3 Å². The zero-order valence-electron chi connectivity index (χ0n) is 10.6. The summed E-state index contributed by atoms with van der Waals surface area (Å²) in [5, 5.41) is 2.89. The number of hydrogen-bond donors (Lipinski definition) is 2. The maximum atomic E-state index is 11.5. The van der Waals surface area contributed by atoms with Gasteiger partial charge < -0.3 is 11.1 Å². The van der Waals surface area contributed by atoms with Gasteiger partial charge in [-0.05, 0) is 12.0 Å². The molecule has 0 aliphatic carbocycles. The van der Waals surface area contributed by atoms with Crippen molar-refractivity contribution in [1.82, 2.24) is 10.2 Å². The summed E-state index contributed by atoms with van der Waals surface area (Å²) in [6.45, 7) is 3.70. The van der Waals surface area contributed by atoms with E-state index >= 15 is 0 Å². The number of carbonyl (C=O) groups excluding carboxylic acids is 1. The Morgan fingerprint density at radius 3 is 2.83 bits per heavy atom. The molecule has 4 nitrogen and oxygen atoms in total. The average molecular weight is 247 g/mol. The molecule has 0 radical (unpaired) electrons. The number of carbonyl (C=O) groups is 1. The summed E-state index contributed by atoms with van der Waals surface area (Å²) in [5.41, 5.74) is 7.12. The molecule has 1 amide bonds. The van der Waals surface area contributed by atoms with Crippen molar-refractivity contribution in [3.05, 3.63) is 35.9 Å². The van der Waals surface area contributed by atoms with Gasteiger partial charge in [0.1, 0.15) is 0 Å². The van der Waals surface area contributed by atoms with Gasteiger partial charge in [-0.3, -0.25) is 9.69 Å². The Morgan fingerprint density at radius 2 is 2.11 bits per heavy atom. The maximum Gasteiger partial charge on any atom is 0.234 e. The van der Waals surface area contributed by atoms with E-state index in [1.807, 2.05) is 18.2 Å². The minimum Gasteiger partial charge on any atom is -0.355 e. The van der Waals surface area contributed by atoms with E-state index in [0.717, 1.165) is 26.1 Å². The summed E-state index contributed by atoms with van der Waals surface area (Å²) >= 11 is 0. The minimum absolute atomic E-state index is 0.122. The first kappa shape index (κ1) is 13.1. The van der Waals surface area contributed by atoms with Crippen molar-refractivity contribution in [3.8, 4) is 0 Å². The van der Waals surface area contributed by atoms with Crippen LogP contribution in [0.3, 0.4) is 0 Å². The standard InChI is InChI=1S/C14H21N3O/c15-9-13(12-5-2-1-3-6-12)10-17-8-4-7-16-14(18)11-17/h1-3,5-6,13H,4,7-11,15H2,(H,16,18). The summed E-state index contributed by atoms with van der Waals surface area (Å²) in [7, 11) is 0. The third kappa shape index (κ3) is 3.55. The van der Waals surface area contributed by atoms with Gasteiger partial charge in [0.15, 0.2) is 0 Å². The molecule has 1 aliphatic heterocycles. The van der Waals surface area contributed by atoms with Crippen LogP contribution in [0, 0.1) is 0 Å². The lowest BCUT2D eigenvalue weighted by Crippen LogP contribution is -2.37. The van der Waals surface area contributed by atoms with Crippen LogP contribution in [0.25, 0.3) is 0 Å². The van der Waals surface area contributed by atoms with Crippen molar-refractivity contribution in [1.29, 1.82) is 0 Å². The third-order valence-corrected chi connectivity index (χ3v) is 3.37. The maximum absolute atomic E-state index is 11.5. The summed E-state index contributed by atoms with van der Waals surface area (Å²) in [6.07, 6.45) is 1.01. The van der Waals surface area contributed by atoms with Crippen molar-refractivity contribution in [3.63, 3.8) is 0 Å². The first-order chi connectivity index (χ1) is 8.79. The predicted octanol–water partition coefficient (Wildman–Crippen LogP) is 0.551. The summed E-state index contributed by atoms with van der Waals surface area (Å²) in [6, 6.07) is 10.3. The Balaban J connectivity index is 1.99. The van der Waals surface area contributed by atoms with E-state index in [1.54, 1.807) is 0 Å². The fraction of sp³-hybridized carbons (Fsp3) is 0.500. The number of benzene rings is 1. The number of nitrogens with one attached hydrogen (secondary N) is 1. The molecule has 1 atom stereocenters. The van der Waals surface area contributed by atoms with Crippen molar-refractivity contribution >= 4 is 5.91 Å². The quantitative estimate of drug-likeness (QED) is 0.817. The van der Waals surface area contributed by atoms with Gasteiger partial charge >= 0.3 is 0 Å². The van der Waals surface area contributed by atoms with Gasteiger partial charge in [0.25, 0.3) is 0 Å². The zero-order valence-corrected chi connectivity index (χ0v) is 10.6. The molecule has 0 saturated carbocycles. The number of hydrogen-bond acceptors (Lipinski definition) is 3. The van der Waals surface area contributed by atoms with E-state index in [2.05, 4.69) is 22.3 Å². The van der Waals surface area contributed by atoms with Gasteiger partial charge in [0.2, 0.25) is 5.91 Å². The molecule has 1 fully saturated rings. The fourth-order valence-electron chi connectivity index (χ4n) is 2.38. The summed E-state index contributed by atoms with van der Waals surface area (Å²) in [5.74, 6) is 0.424. The topological polar surface area (TPSA) is 58.4 Å². The molecule has 1 aromatic rings. The Kier molecular flexibility index (Phi) is 4.73. The molecule has 2 rings (SSSR count). The van der Waals surface area contributed by atoms with Crippen LogP contribution in [0.1, 0.15) is 17.9 Å². The second-order valence-corrected chi connectivity index (χ2v) is 4.78. The highest BCUT2D eigenvalue weighted by atomic mass is 16.2. The van der Waals surface area contributed by atoms with Crippen molar-refractivity contribution in [2.24, 2.45) is 5.73 Å². The van der Waals surface area contributed by atoms with E-state index in [0.29, 0.717) is 19.0 Å². The fourth-order valence-corrected chi connectivity index (χ4v) is 2.38. The van der Waals surface area contributed by atoms with Crippen LogP contribution < -0.4 is 11.1 Å². The molecular weight excluding hydrogens is 226 g/mol. The lowest BCUT2D eigenvalue weighted by molar-refractivity contribution is -0.121. The summed E-state index contributed by atoms with van der Waals surface area (Å²) in [4.78, 5) is 13.7. The van der Waals surface area contributed by atoms with Crippen LogP contribution in [0.15, 0.2) is 30.3 Å². The molecule has 3 N–H and O–H groups in total. The average Bonchev–Trinajstić information content (AvgIpc) is 2.61. The molecule has 1 aliphatic rings. The third-order valence-electron chi connectivity index (χ3n) is 3.37. The van der Waals surface area contributed by atoms with Gasteiger partial charge in [0, 0.05) is 32.1 Å². The summed E-state index contributed by atoms with van der Waals surface area (Å²) < 4.78 is 0. The first-order valence-corrected chi connectivity index (χ1v) is 6.53. The van der Waals surface area contributed by atoms with Gasteiger partial charge in [-0.2, -0.15) is 0 Å². The monoisotopic (exact) mass is 247 g/mol. The van der Waals surface area contributed by atoms with Gasteiger partial charge in [-0.25, -0.2) is 0 Å². The number of nitrogens with zero attached hydrogens (tertiary/aromatic N) is 1. The van der Waals surface area contributed by atoms with Crippen LogP contribution in [0.5, 0.6) is 0 Å². The van der Waals surface area contributed by atoms with Gasteiger partial charge in [0.05, 0.1) is 6.54 Å². The highest BCUT2D eigenvalue weighted by molar-refractivity contribution is 5.78. The molecule has 18 heavy (non-hydrogen) atoms. The minimum atomic E-state index is 0.122. The zero-order chi connectivity index (χ0) is 12.8. The highest BCUT2D eigenvalue weighted by Gasteiger charge is 2.19. The van der Waals surface area contributed by atoms with Crippen LogP contribution in [0.2, 0.25) is 0 Å². The van der Waals surface area contributed by atoms with Crippen LogP contribution >= 0.6 is 0 Å². The van der Waals surface area contributed by atoms with Crippen LogP contribution in [0.4, 0.5) is 0 Å². The lowest BCUT2D eigenvalue weighted by atomic mass is 9.98. The Labute approximate surface area is 108 Å². The largest absolute Gasteiger partial charge is 0.355 e. The van der Waals surface area contributed by atoms with Crippen molar-refractivity contribution in [2.75, 3.05) is 32.7 Å². The van der Waals surface area contributed by atoms with E-state index in [4.69, 9.17) is 5.73 Å². The second-order valence-electron chi connectivity index (χ2n) is 4.78. The lowest BCUT2D eigenvalue weighted by Gasteiger charge is -2.24. The molecule has 1 heterocycles. The molecule has 1 unspecified atom stereocenters. The van der Waals surface area contributed by atoms with Crippen LogP contribution in [-0.4, -0.2) is 43.5 Å².